The number of nitrogens with zero attached hydrogens (tertiary/aromatic N) is 2. The van der Waals surface area contributed by atoms with Crippen molar-refractivity contribution in [2.24, 2.45) is 0 Å². The molecule has 1 aromatic carbocycles. The zero-order valence-electron chi connectivity index (χ0n) is 8.62. The molecule has 1 heterocycles. The number of benzene rings is 1. The molecule has 88 valence electrons. The van der Waals surface area contributed by atoms with Crippen molar-refractivity contribution < 1.29 is 4.39 Å². The smallest absolute Gasteiger partial charge is 0.125 e. The highest BCUT2D eigenvalue weighted by atomic mass is 79.9. The number of anilines is 1. The molecule has 1 aromatic heterocycles. The number of nitrogens with one attached hydrogen (secondary N) is 1. The monoisotopic (exact) mass is 315 g/mol. The van der Waals surface area contributed by atoms with Crippen LogP contribution in [0.3, 0.4) is 0 Å². The lowest BCUT2D eigenvalue weighted by atomic mass is 10.3. The van der Waals surface area contributed by atoms with Gasteiger partial charge in [0.25, 0.3) is 0 Å². The first-order valence-electron chi connectivity index (χ1n) is 4.80. The van der Waals surface area contributed by atoms with E-state index in [0.717, 1.165) is 5.69 Å². The first-order valence-corrected chi connectivity index (χ1v) is 5.97. The Hall–Kier alpha value is -1.20. The molecule has 17 heavy (non-hydrogen) atoms. The van der Waals surface area contributed by atoms with Crippen LogP contribution in [0, 0.1) is 5.82 Å². The van der Waals surface area contributed by atoms with E-state index in [0.29, 0.717) is 21.7 Å². The average molecular weight is 317 g/mol. The van der Waals surface area contributed by atoms with Crippen LogP contribution in [0.1, 0.15) is 5.69 Å². The lowest BCUT2D eigenvalue weighted by Gasteiger charge is -2.10. The molecular formula is C11H8BrClFN3. The summed E-state index contributed by atoms with van der Waals surface area (Å²) in [4.78, 5) is 8.06. The summed E-state index contributed by atoms with van der Waals surface area (Å²) < 4.78 is 13.6. The molecule has 2 aromatic rings. The molecular weight excluding hydrogens is 308 g/mol. The molecule has 0 unspecified atom stereocenters. The summed E-state index contributed by atoms with van der Waals surface area (Å²) in [5.41, 5.74) is 1.42. The normalized spacial score (nSPS) is 10.3. The van der Waals surface area contributed by atoms with Crippen LogP contribution in [0.15, 0.2) is 35.2 Å². The summed E-state index contributed by atoms with van der Waals surface area (Å²) in [5.74, 6) is -0.382. The van der Waals surface area contributed by atoms with Crippen LogP contribution in [0.4, 0.5) is 10.1 Å². The van der Waals surface area contributed by atoms with Crippen LogP contribution < -0.4 is 5.32 Å². The molecule has 3 nitrogen and oxygen atoms in total. The van der Waals surface area contributed by atoms with E-state index in [2.05, 4.69) is 31.2 Å². The summed E-state index contributed by atoms with van der Waals surface area (Å²) in [6.45, 7) is 0.470. The van der Waals surface area contributed by atoms with Gasteiger partial charge in [-0.2, -0.15) is 0 Å². The number of rotatable bonds is 3. The fourth-order valence-corrected chi connectivity index (χ4v) is 2.27. The average Bonchev–Trinajstić information content (AvgIpc) is 2.29. The van der Waals surface area contributed by atoms with Crippen molar-refractivity contribution in [2.45, 2.75) is 6.54 Å². The molecule has 0 aliphatic rings. The van der Waals surface area contributed by atoms with Crippen LogP contribution in [-0.4, -0.2) is 9.97 Å². The molecule has 0 aliphatic carbocycles. The molecule has 0 atom stereocenters. The Morgan fingerprint density at radius 3 is 2.82 bits per heavy atom. The zero-order chi connectivity index (χ0) is 12.3. The van der Waals surface area contributed by atoms with Gasteiger partial charge in [0.15, 0.2) is 0 Å². The zero-order valence-corrected chi connectivity index (χ0v) is 11.0. The van der Waals surface area contributed by atoms with E-state index in [1.54, 1.807) is 18.6 Å². The molecule has 0 radical (unpaired) electrons. The van der Waals surface area contributed by atoms with Crippen LogP contribution in [0.2, 0.25) is 5.02 Å². The molecule has 0 bridgehead atoms. The van der Waals surface area contributed by atoms with Crippen LogP contribution >= 0.6 is 27.5 Å². The van der Waals surface area contributed by atoms with Gasteiger partial charge >= 0.3 is 0 Å². The van der Waals surface area contributed by atoms with Crippen molar-refractivity contribution >= 4 is 33.2 Å². The van der Waals surface area contributed by atoms with Crippen molar-refractivity contribution in [3.05, 3.63) is 51.7 Å². The van der Waals surface area contributed by atoms with Crippen molar-refractivity contribution in [3.63, 3.8) is 0 Å². The highest BCUT2D eigenvalue weighted by molar-refractivity contribution is 9.10. The van der Waals surface area contributed by atoms with E-state index in [-0.39, 0.29) is 5.82 Å². The van der Waals surface area contributed by atoms with E-state index < -0.39 is 0 Å². The van der Waals surface area contributed by atoms with Gasteiger partial charge in [0, 0.05) is 16.9 Å². The van der Waals surface area contributed by atoms with E-state index in [1.807, 2.05) is 0 Å². The van der Waals surface area contributed by atoms with Gasteiger partial charge in [0.1, 0.15) is 5.82 Å². The van der Waals surface area contributed by atoms with Crippen LogP contribution in [-0.2, 0) is 6.54 Å². The summed E-state index contributed by atoms with van der Waals surface area (Å²) >= 11 is 9.18. The third kappa shape index (κ3) is 3.14. The second-order valence-corrected chi connectivity index (χ2v) is 4.56. The standard InChI is InChI=1S/C11H8BrClFN3/c12-9-3-7(14)4-10(13)11(9)17-6-8-5-15-1-2-16-8/h1-5,17H,6H2. The molecule has 0 fully saturated rings. The molecule has 0 aliphatic heterocycles. The minimum atomic E-state index is -0.382. The summed E-state index contributed by atoms with van der Waals surface area (Å²) in [6, 6.07) is 2.61. The lowest BCUT2D eigenvalue weighted by molar-refractivity contribution is 0.627. The third-order valence-electron chi connectivity index (χ3n) is 2.07. The topological polar surface area (TPSA) is 37.8 Å². The Labute approximate surface area is 111 Å². The maximum Gasteiger partial charge on any atom is 0.125 e. The van der Waals surface area contributed by atoms with Gasteiger partial charge in [0.2, 0.25) is 0 Å². The van der Waals surface area contributed by atoms with Gasteiger partial charge in [-0.15, -0.1) is 0 Å². The Kier molecular flexibility index (Phi) is 3.91. The minimum absolute atomic E-state index is 0.320. The van der Waals surface area contributed by atoms with Gasteiger partial charge in [-0.1, -0.05) is 11.6 Å². The third-order valence-corrected chi connectivity index (χ3v) is 2.99. The van der Waals surface area contributed by atoms with Gasteiger partial charge in [-0.25, -0.2) is 4.39 Å². The fourth-order valence-electron chi connectivity index (χ4n) is 1.31. The molecule has 0 saturated heterocycles. The Bertz CT molecular complexity index is 498. The molecule has 6 heteroatoms. The summed E-state index contributed by atoms with van der Waals surface area (Å²) in [7, 11) is 0. The van der Waals surface area contributed by atoms with Gasteiger partial charge < -0.3 is 5.32 Å². The van der Waals surface area contributed by atoms with Crippen molar-refractivity contribution in [2.75, 3.05) is 5.32 Å². The summed E-state index contributed by atoms with van der Waals surface area (Å²) in [6.07, 6.45) is 4.86. The van der Waals surface area contributed by atoms with E-state index in [9.17, 15) is 4.39 Å². The van der Waals surface area contributed by atoms with E-state index in [4.69, 9.17) is 11.6 Å². The van der Waals surface area contributed by atoms with Gasteiger partial charge in [-0.3, -0.25) is 9.97 Å². The fraction of sp³-hybridized carbons (Fsp3) is 0.0909. The molecule has 0 spiro atoms. The van der Waals surface area contributed by atoms with E-state index in [1.165, 1.54) is 12.1 Å². The van der Waals surface area contributed by atoms with Gasteiger partial charge in [-0.05, 0) is 28.1 Å². The second kappa shape index (κ2) is 5.42. The lowest BCUT2D eigenvalue weighted by Crippen LogP contribution is -2.03. The minimum Gasteiger partial charge on any atom is -0.377 e. The highest BCUT2D eigenvalue weighted by Gasteiger charge is 2.07. The predicted octanol–water partition coefficient (Wildman–Crippen LogP) is 3.64. The first kappa shape index (κ1) is 12.3. The number of hydrogen-bond acceptors (Lipinski definition) is 3. The maximum atomic E-state index is 13.0. The Morgan fingerprint density at radius 1 is 1.35 bits per heavy atom. The number of halogens is 3. The summed E-state index contributed by atoms with van der Waals surface area (Å²) in [5, 5.41) is 3.40. The first-order chi connectivity index (χ1) is 8.16. The molecule has 2 rings (SSSR count). The second-order valence-electron chi connectivity index (χ2n) is 3.29. The largest absolute Gasteiger partial charge is 0.377 e. The quantitative estimate of drug-likeness (QED) is 0.939. The Balaban J connectivity index is 2.15. The van der Waals surface area contributed by atoms with Crippen molar-refractivity contribution in [1.82, 2.24) is 9.97 Å². The molecule has 0 amide bonds. The van der Waals surface area contributed by atoms with E-state index >= 15 is 0 Å². The molecule has 0 saturated carbocycles. The van der Waals surface area contributed by atoms with Crippen LogP contribution in [0.25, 0.3) is 0 Å². The SMILES string of the molecule is Fc1cc(Cl)c(NCc2cnccn2)c(Br)c1. The number of hydrogen-bond donors (Lipinski definition) is 1. The highest BCUT2D eigenvalue weighted by Crippen LogP contribution is 2.31. The van der Waals surface area contributed by atoms with Crippen molar-refractivity contribution in [3.8, 4) is 0 Å². The Morgan fingerprint density at radius 2 is 2.18 bits per heavy atom. The van der Waals surface area contributed by atoms with Crippen molar-refractivity contribution in [1.29, 1.82) is 0 Å². The maximum absolute atomic E-state index is 13.0. The number of aromatic nitrogens is 2. The van der Waals surface area contributed by atoms with Crippen LogP contribution in [0.5, 0.6) is 0 Å². The predicted molar refractivity (Wildman–Crippen MR) is 68.5 cm³/mol. The van der Waals surface area contributed by atoms with Gasteiger partial charge in [0.05, 0.1) is 29.1 Å². The molecule has 1 N–H and O–H groups in total.